The molecule has 0 unspecified atom stereocenters. The van der Waals surface area contributed by atoms with Crippen LogP contribution in [0.5, 0.6) is 0 Å². The molecule has 14 heavy (non-hydrogen) atoms. The summed E-state index contributed by atoms with van der Waals surface area (Å²) in [5.41, 5.74) is 0.840. The number of rotatable bonds is 2. The van der Waals surface area contributed by atoms with Gasteiger partial charge in [-0.2, -0.15) is 0 Å². The van der Waals surface area contributed by atoms with Crippen LogP contribution in [0.15, 0.2) is 24.4 Å². The van der Waals surface area contributed by atoms with E-state index in [-0.39, 0.29) is 5.91 Å². The summed E-state index contributed by atoms with van der Waals surface area (Å²) in [6.45, 7) is 0.747. The lowest BCUT2D eigenvalue weighted by atomic mass is 10.3. The number of carbonyl (C=O) groups is 1. The maximum absolute atomic E-state index is 11.3. The molecule has 1 aromatic rings. The van der Waals surface area contributed by atoms with Gasteiger partial charge in [0.05, 0.1) is 18.8 Å². The van der Waals surface area contributed by atoms with E-state index in [2.05, 4.69) is 10.3 Å². The molecule has 0 spiro atoms. The van der Waals surface area contributed by atoms with Crippen LogP contribution >= 0.6 is 12.2 Å². The number of amides is 1. The molecule has 1 saturated heterocycles. The average molecular weight is 207 g/mol. The molecular weight excluding hydrogens is 198 g/mol. The molecule has 72 valence electrons. The van der Waals surface area contributed by atoms with E-state index in [4.69, 9.17) is 12.2 Å². The van der Waals surface area contributed by atoms with Crippen LogP contribution in [0.2, 0.25) is 0 Å². The van der Waals surface area contributed by atoms with Crippen molar-refractivity contribution >= 4 is 23.2 Å². The molecule has 0 atom stereocenters. The van der Waals surface area contributed by atoms with E-state index < -0.39 is 0 Å². The number of aromatic nitrogens is 1. The Morgan fingerprint density at radius 2 is 2.43 bits per heavy atom. The second kappa shape index (κ2) is 3.71. The molecule has 2 rings (SSSR count). The number of pyridine rings is 1. The van der Waals surface area contributed by atoms with Gasteiger partial charge < -0.3 is 5.32 Å². The van der Waals surface area contributed by atoms with Gasteiger partial charge in [-0.05, 0) is 24.4 Å². The molecule has 1 aromatic heterocycles. The Balaban J connectivity index is 2.11. The van der Waals surface area contributed by atoms with Gasteiger partial charge in [0.2, 0.25) is 5.91 Å². The van der Waals surface area contributed by atoms with Crippen LogP contribution in [0.1, 0.15) is 5.69 Å². The fraction of sp³-hybridized carbons (Fsp3) is 0.222. The van der Waals surface area contributed by atoms with Crippen molar-refractivity contribution in [2.24, 2.45) is 0 Å². The topological polar surface area (TPSA) is 45.2 Å². The Morgan fingerprint density at radius 3 is 3.00 bits per heavy atom. The van der Waals surface area contributed by atoms with Crippen molar-refractivity contribution in [3.8, 4) is 0 Å². The standard InChI is InChI=1S/C9H9N3OS/c13-8-5-11-9(14)12(8)6-7-3-1-2-4-10-7/h1-4H,5-6H2,(H,11,14). The van der Waals surface area contributed by atoms with Crippen LogP contribution in [0.3, 0.4) is 0 Å². The van der Waals surface area contributed by atoms with E-state index in [0.29, 0.717) is 18.2 Å². The van der Waals surface area contributed by atoms with Gasteiger partial charge in [-0.15, -0.1) is 0 Å². The van der Waals surface area contributed by atoms with Gasteiger partial charge >= 0.3 is 0 Å². The minimum Gasteiger partial charge on any atom is -0.353 e. The summed E-state index contributed by atoms with van der Waals surface area (Å²) in [7, 11) is 0. The third-order valence-electron chi connectivity index (χ3n) is 1.98. The lowest BCUT2D eigenvalue weighted by Gasteiger charge is -2.13. The average Bonchev–Trinajstić information content (AvgIpc) is 2.51. The first-order valence-electron chi connectivity index (χ1n) is 4.25. The predicted molar refractivity (Wildman–Crippen MR) is 55.4 cm³/mol. The lowest BCUT2D eigenvalue weighted by molar-refractivity contribution is -0.124. The maximum Gasteiger partial charge on any atom is 0.248 e. The number of nitrogens with zero attached hydrogens (tertiary/aromatic N) is 2. The van der Waals surface area contributed by atoms with E-state index in [1.807, 2.05) is 18.2 Å². The van der Waals surface area contributed by atoms with E-state index in [1.165, 1.54) is 4.90 Å². The zero-order chi connectivity index (χ0) is 9.97. The third-order valence-corrected chi connectivity index (χ3v) is 2.35. The molecule has 0 radical (unpaired) electrons. The molecule has 0 saturated carbocycles. The molecule has 1 aliphatic heterocycles. The van der Waals surface area contributed by atoms with Crippen LogP contribution in [-0.2, 0) is 11.3 Å². The highest BCUT2D eigenvalue weighted by Gasteiger charge is 2.25. The van der Waals surface area contributed by atoms with Gasteiger partial charge in [-0.1, -0.05) is 6.07 Å². The van der Waals surface area contributed by atoms with Crippen molar-refractivity contribution in [3.63, 3.8) is 0 Å². The van der Waals surface area contributed by atoms with Gasteiger partial charge in [-0.3, -0.25) is 14.7 Å². The van der Waals surface area contributed by atoms with Gasteiger partial charge in [0.15, 0.2) is 5.11 Å². The van der Waals surface area contributed by atoms with Crippen LogP contribution in [0.4, 0.5) is 0 Å². The minimum atomic E-state index is 0.000605. The minimum absolute atomic E-state index is 0.000605. The normalized spacial score (nSPS) is 15.9. The van der Waals surface area contributed by atoms with E-state index in [0.717, 1.165) is 5.69 Å². The lowest BCUT2D eigenvalue weighted by Crippen LogP contribution is -2.30. The van der Waals surface area contributed by atoms with E-state index in [1.54, 1.807) is 6.20 Å². The van der Waals surface area contributed by atoms with Crippen molar-refractivity contribution in [3.05, 3.63) is 30.1 Å². The van der Waals surface area contributed by atoms with Gasteiger partial charge in [0.25, 0.3) is 0 Å². The van der Waals surface area contributed by atoms with Crippen molar-refractivity contribution < 1.29 is 4.79 Å². The van der Waals surface area contributed by atoms with E-state index in [9.17, 15) is 4.79 Å². The number of thiocarbonyl (C=S) groups is 1. The molecular formula is C9H9N3OS. The number of carbonyl (C=O) groups excluding carboxylic acids is 1. The molecule has 0 aliphatic carbocycles. The number of hydrogen-bond acceptors (Lipinski definition) is 3. The second-order valence-electron chi connectivity index (χ2n) is 2.96. The molecule has 5 heteroatoms. The summed E-state index contributed by atoms with van der Waals surface area (Å²) in [5, 5.41) is 3.31. The number of hydrogen-bond donors (Lipinski definition) is 1. The van der Waals surface area contributed by atoms with Crippen LogP contribution in [0, 0.1) is 0 Å². The van der Waals surface area contributed by atoms with Gasteiger partial charge in [0.1, 0.15) is 0 Å². The summed E-state index contributed by atoms with van der Waals surface area (Å²) in [6.07, 6.45) is 1.70. The Hall–Kier alpha value is -1.49. The first kappa shape index (κ1) is 9.08. The monoisotopic (exact) mass is 207 g/mol. The van der Waals surface area contributed by atoms with Crippen LogP contribution < -0.4 is 5.32 Å². The Labute approximate surface area is 86.9 Å². The maximum atomic E-state index is 11.3. The Morgan fingerprint density at radius 1 is 1.57 bits per heavy atom. The van der Waals surface area contributed by atoms with Crippen molar-refractivity contribution in [2.45, 2.75) is 6.54 Å². The first-order chi connectivity index (χ1) is 6.77. The summed E-state index contributed by atoms with van der Waals surface area (Å²) < 4.78 is 0. The molecule has 1 amide bonds. The van der Waals surface area contributed by atoms with Crippen molar-refractivity contribution in [1.29, 1.82) is 0 Å². The summed E-state index contributed by atoms with van der Waals surface area (Å²) in [4.78, 5) is 17.0. The fourth-order valence-electron chi connectivity index (χ4n) is 1.27. The van der Waals surface area contributed by atoms with Gasteiger partial charge in [-0.25, -0.2) is 0 Å². The Kier molecular flexibility index (Phi) is 2.41. The number of nitrogens with one attached hydrogen (secondary N) is 1. The highest BCUT2D eigenvalue weighted by atomic mass is 32.1. The molecule has 1 N–H and O–H groups in total. The summed E-state index contributed by atoms with van der Waals surface area (Å²) >= 11 is 4.98. The summed E-state index contributed by atoms with van der Waals surface area (Å²) in [6, 6.07) is 5.60. The van der Waals surface area contributed by atoms with Crippen molar-refractivity contribution in [1.82, 2.24) is 15.2 Å². The highest BCUT2D eigenvalue weighted by molar-refractivity contribution is 7.80. The molecule has 1 fully saturated rings. The molecule has 1 aliphatic rings. The summed E-state index contributed by atoms with van der Waals surface area (Å²) in [5.74, 6) is 0.000605. The zero-order valence-electron chi connectivity index (χ0n) is 7.43. The Bertz CT molecular complexity index is 350. The fourth-order valence-corrected chi connectivity index (χ4v) is 1.51. The SMILES string of the molecule is O=C1CNC(=S)N1Cc1ccccn1. The molecule has 2 heterocycles. The van der Waals surface area contributed by atoms with Gasteiger partial charge in [0, 0.05) is 6.20 Å². The molecule has 0 aromatic carbocycles. The quantitative estimate of drug-likeness (QED) is 0.708. The molecule has 0 bridgehead atoms. The largest absolute Gasteiger partial charge is 0.353 e. The predicted octanol–water partition coefficient (Wildman–Crippen LogP) is 0.298. The highest BCUT2D eigenvalue weighted by Crippen LogP contribution is 2.05. The van der Waals surface area contributed by atoms with Crippen LogP contribution in [0.25, 0.3) is 0 Å². The van der Waals surface area contributed by atoms with Crippen LogP contribution in [-0.4, -0.2) is 27.4 Å². The van der Waals surface area contributed by atoms with E-state index >= 15 is 0 Å². The van der Waals surface area contributed by atoms with Crippen molar-refractivity contribution in [2.75, 3.05) is 6.54 Å². The smallest absolute Gasteiger partial charge is 0.248 e. The first-order valence-corrected chi connectivity index (χ1v) is 4.66. The zero-order valence-corrected chi connectivity index (χ0v) is 8.25. The third kappa shape index (κ3) is 1.72. The molecule has 4 nitrogen and oxygen atoms in total. The second-order valence-corrected chi connectivity index (χ2v) is 3.35.